The molecule has 0 saturated heterocycles. The quantitative estimate of drug-likeness (QED) is 0.511. The Morgan fingerprint density at radius 1 is 1.32 bits per heavy atom. The summed E-state index contributed by atoms with van der Waals surface area (Å²) in [5, 5.41) is 19.5. The van der Waals surface area contributed by atoms with Crippen LogP contribution in [0, 0.1) is 0 Å². The third-order valence-electron chi connectivity index (χ3n) is 2.48. The Bertz CT molecular complexity index is 552. The number of hydrogen-bond donors (Lipinski definition) is 3. The number of carbonyl (C=O) groups is 1. The van der Waals surface area contributed by atoms with E-state index < -0.39 is 39.6 Å². The van der Waals surface area contributed by atoms with E-state index in [9.17, 15) is 23.4 Å². The largest absolute Gasteiger partial charge is 0.469 e. The van der Waals surface area contributed by atoms with Gasteiger partial charge in [-0.3, -0.25) is 9.35 Å². The lowest BCUT2D eigenvalue weighted by Crippen LogP contribution is -2.24. The molecule has 0 saturated carbocycles. The highest BCUT2D eigenvalue weighted by atomic mass is 32.2. The minimum Gasteiger partial charge on any atom is -0.469 e. The SMILES string of the molecule is COC(=O)CC(O)C(O)c1ccccc1S(=O)(=O)O. The number of carbonyl (C=O) groups excluding carboxylic acids is 1. The van der Waals surface area contributed by atoms with Gasteiger partial charge < -0.3 is 14.9 Å². The molecule has 19 heavy (non-hydrogen) atoms. The molecule has 0 aliphatic rings. The molecule has 1 rings (SSSR count). The van der Waals surface area contributed by atoms with E-state index in [-0.39, 0.29) is 5.56 Å². The van der Waals surface area contributed by atoms with Crippen molar-refractivity contribution >= 4 is 16.1 Å². The summed E-state index contributed by atoms with van der Waals surface area (Å²) in [6, 6.07) is 5.09. The van der Waals surface area contributed by atoms with Gasteiger partial charge in [0.15, 0.2) is 0 Å². The van der Waals surface area contributed by atoms with Crippen molar-refractivity contribution in [3.63, 3.8) is 0 Å². The second kappa shape index (κ2) is 6.11. The first kappa shape index (κ1) is 15.6. The molecule has 0 aliphatic carbocycles. The third-order valence-corrected chi connectivity index (χ3v) is 3.41. The summed E-state index contributed by atoms with van der Waals surface area (Å²) in [5.74, 6) is -0.754. The number of esters is 1. The van der Waals surface area contributed by atoms with Crippen LogP contribution in [0.3, 0.4) is 0 Å². The van der Waals surface area contributed by atoms with Crippen LogP contribution in [0.25, 0.3) is 0 Å². The van der Waals surface area contributed by atoms with Crippen LogP contribution in [0.2, 0.25) is 0 Å². The highest BCUT2D eigenvalue weighted by molar-refractivity contribution is 7.85. The Hall–Kier alpha value is -1.48. The van der Waals surface area contributed by atoms with Crippen LogP contribution >= 0.6 is 0 Å². The molecule has 7 nitrogen and oxygen atoms in total. The van der Waals surface area contributed by atoms with Crippen LogP contribution < -0.4 is 0 Å². The Labute approximate surface area is 110 Å². The number of hydrogen-bond acceptors (Lipinski definition) is 6. The molecule has 2 atom stereocenters. The molecular weight excluding hydrogens is 276 g/mol. The number of rotatable bonds is 5. The number of aliphatic hydroxyl groups is 2. The summed E-state index contributed by atoms with van der Waals surface area (Å²) in [7, 11) is -3.41. The first-order chi connectivity index (χ1) is 8.77. The Morgan fingerprint density at radius 3 is 2.42 bits per heavy atom. The molecule has 0 radical (unpaired) electrons. The van der Waals surface area contributed by atoms with Crippen LogP contribution in [-0.2, 0) is 19.6 Å². The summed E-state index contributed by atoms with van der Waals surface area (Å²) in [6.45, 7) is 0. The van der Waals surface area contributed by atoms with Crippen LogP contribution in [0.1, 0.15) is 18.1 Å². The highest BCUT2D eigenvalue weighted by Gasteiger charge is 2.27. The molecule has 1 aromatic rings. The lowest BCUT2D eigenvalue weighted by atomic mass is 10.0. The molecule has 3 N–H and O–H groups in total. The molecule has 8 heteroatoms. The molecular formula is C11H14O7S. The van der Waals surface area contributed by atoms with Crippen LogP contribution in [0.4, 0.5) is 0 Å². The van der Waals surface area contributed by atoms with Gasteiger partial charge in [-0.05, 0) is 6.07 Å². The van der Waals surface area contributed by atoms with Gasteiger partial charge >= 0.3 is 5.97 Å². The second-order valence-corrected chi connectivity index (χ2v) is 5.20. The zero-order chi connectivity index (χ0) is 14.6. The van der Waals surface area contributed by atoms with E-state index in [1.54, 1.807) is 0 Å². The number of methoxy groups -OCH3 is 1. The van der Waals surface area contributed by atoms with Crippen LogP contribution in [-0.4, -0.2) is 42.4 Å². The van der Waals surface area contributed by atoms with Gasteiger partial charge in [-0.2, -0.15) is 8.42 Å². The lowest BCUT2D eigenvalue weighted by Gasteiger charge is -2.18. The summed E-state index contributed by atoms with van der Waals surface area (Å²) in [5.41, 5.74) is -0.193. The zero-order valence-electron chi connectivity index (χ0n) is 10.1. The predicted molar refractivity (Wildman–Crippen MR) is 63.9 cm³/mol. The van der Waals surface area contributed by atoms with Crippen LogP contribution in [0.5, 0.6) is 0 Å². The molecule has 2 unspecified atom stereocenters. The van der Waals surface area contributed by atoms with Crippen molar-refractivity contribution in [1.82, 2.24) is 0 Å². The Morgan fingerprint density at radius 2 is 1.89 bits per heavy atom. The molecule has 0 spiro atoms. The van der Waals surface area contributed by atoms with Crippen molar-refractivity contribution < 1.29 is 32.7 Å². The minimum absolute atomic E-state index is 0.193. The van der Waals surface area contributed by atoms with Crippen molar-refractivity contribution in [2.75, 3.05) is 7.11 Å². The molecule has 0 fully saturated rings. The fourth-order valence-electron chi connectivity index (χ4n) is 1.53. The van der Waals surface area contributed by atoms with E-state index in [1.807, 2.05) is 0 Å². The normalized spacial score (nSPS) is 14.7. The van der Waals surface area contributed by atoms with E-state index in [1.165, 1.54) is 18.2 Å². The average molecular weight is 290 g/mol. The smallest absolute Gasteiger partial charge is 0.308 e. The van der Waals surface area contributed by atoms with Gasteiger partial charge in [0.2, 0.25) is 0 Å². The molecule has 0 amide bonds. The molecule has 0 aromatic heterocycles. The van der Waals surface area contributed by atoms with Crippen LogP contribution in [0.15, 0.2) is 29.2 Å². The highest BCUT2D eigenvalue weighted by Crippen LogP contribution is 2.25. The van der Waals surface area contributed by atoms with Gasteiger partial charge in [-0.25, -0.2) is 0 Å². The summed E-state index contributed by atoms with van der Waals surface area (Å²) in [4.78, 5) is 10.5. The standard InChI is InChI=1S/C11H14O7S/c1-18-10(13)6-8(12)11(14)7-4-2-3-5-9(7)19(15,16)17/h2-5,8,11-12,14H,6H2,1H3,(H,15,16,17). The van der Waals surface area contributed by atoms with Crippen molar-refractivity contribution in [2.24, 2.45) is 0 Å². The monoisotopic (exact) mass is 290 g/mol. The maximum Gasteiger partial charge on any atom is 0.308 e. The van der Waals surface area contributed by atoms with Gasteiger partial charge in [0.1, 0.15) is 6.10 Å². The van der Waals surface area contributed by atoms with E-state index in [4.69, 9.17) is 4.55 Å². The topological polar surface area (TPSA) is 121 Å². The number of ether oxygens (including phenoxy) is 1. The average Bonchev–Trinajstić information content (AvgIpc) is 2.36. The molecule has 0 heterocycles. The zero-order valence-corrected chi connectivity index (χ0v) is 10.9. The first-order valence-electron chi connectivity index (χ1n) is 5.26. The summed E-state index contributed by atoms with van der Waals surface area (Å²) in [6.07, 6.45) is -3.69. The van der Waals surface area contributed by atoms with Crippen molar-refractivity contribution in [1.29, 1.82) is 0 Å². The fourth-order valence-corrected chi connectivity index (χ4v) is 2.27. The molecule has 0 bridgehead atoms. The molecule has 106 valence electrons. The van der Waals surface area contributed by atoms with Gasteiger partial charge in [0, 0.05) is 5.56 Å². The predicted octanol–water partition coefficient (Wildman–Crippen LogP) is -0.109. The summed E-state index contributed by atoms with van der Waals surface area (Å²) >= 11 is 0. The Kier molecular flexibility index (Phi) is 5.01. The number of aliphatic hydroxyl groups excluding tert-OH is 2. The maximum absolute atomic E-state index is 11.1. The lowest BCUT2D eigenvalue weighted by molar-refractivity contribution is -0.144. The maximum atomic E-state index is 11.1. The molecule has 0 aliphatic heterocycles. The van der Waals surface area contributed by atoms with E-state index >= 15 is 0 Å². The van der Waals surface area contributed by atoms with Gasteiger partial charge in [0.05, 0.1) is 24.5 Å². The van der Waals surface area contributed by atoms with E-state index in [0.29, 0.717) is 0 Å². The first-order valence-corrected chi connectivity index (χ1v) is 6.70. The Balaban J connectivity index is 3.06. The van der Waals surface area contributed by atoms with E-state index in [0.717, 1.165) is 13.2 Å². The van der Waals surface area contributed by atoms with Crippen molar-refractivity contribution in [3.8, 4) is 0 Å². The fraction of sp³-hybridized carbons (Fsp3) is 0.364. The number of benzene rings is 1. The second-order valence-electron chi connectivity index (χ2n) is 3.81. The summed E-state index contributed by atoms with van der Waals surface area (Å²) < 4.78 is 35.6. The van der Waals surface area contributed by atoms with Crippen molar-refractivity contribution in [2.45, 2.75) is 23.5 Å². The third kappa shape index (κ3) is 4.00. The van der Waals surface area contributed by atoms with Gasteiger partial charge in [-0.1, -0.05) is 18.2 Å². The minimum atomic E-state index is -4.53. The van der Waals surface area contributed by atoms with Crippen molar-refractivity contribution in [3.05, 3.63) is 29.8 Å². The molecule has 1 aromatic carbocycles. The van der Waals surface area contributed by atoms with E-state index in [2.05, 4.69) is 4.74 Å². The van der Waals surface area contributed by atoms with Gasteiger partial charge in [-0.15, -0.1) is 0 Å². The van der Waals surface area contributed by atoms with Gasteiger partial charge in [0.25, 0.3) is 10.1 Å².